The molecule has 2 aliphatic heterocycles. The number of ether oxygens (including phenoxy) is 1. The number of hydrogen-bond donors (Lipinski definition) is 0. The van der Waals surface area contributed by atoms with Crippen molar-refractivity contribution in [3.05, 3.63) is 107 Å². The van der Waals surface area contributed by atoms with E-state index in [0.29, 0.717) is 12.1 Å². The fourth-order valence-electron chi connectivity index (χ4n) is 5.58. The van der Waals surface area contributed by atoms with Crippen molar-refractivity contribution in [2.24, 2.45) is 0 Å². The zero-order valence-electron chi connectivity index (χ0n) is 19.5. The van der Waals surface area contributed by atoms with Crippen LogP contribution in [0, 0.1) is 11.3 Å². The van der Waals surface area contributed by atoms with E-state index in [-0.39, 0.29) is 6.09 Å². The molecular weight excluding hydrogens is 422 g/mol. The van der Waals surface area contributed by atoms with E-state index in [1.54, 1.807) is 0 Å². The first-order valence-corrected chi connectivity index (χ1v) is 11.9. The van der Waals surface area contributed by atoms with Gasteiger partial charge in [-0.2, -0.15) is 5.26 Å². The number of carbonyl (C=O) groups excluding carboxylic acids is 1. The molecule has 5 rings (SSSR count). The van der Waals surface area contributed by atoms with Gasteiger partial charge >= 0.3 is 6.09 Å². The van der Waals surface area contributed by atoms with Gasteiger partial charge in [-0.05, 0) is 35.7 Å². The normalized spacial score (nSPS) is 21.9. The van der Waals surface area contributed by atoms with Gasteiger partial charge in [0.1, 0.15) is 11.1 Å². The predicted octanol–water partition coefficient (Wildman–Crippen LogP) is 5.46. The first-order chi connectivity index (χ1) is 16.5. The molecule has 0 saturated carbocycles. The second-order valence-electron chi connectivity index (χ2n) is 9.46. The third-order valence-electron chi connectivity index (χ3n) is 7.58. The van der Waals surface area contributed by atoms with Crippen LogP contribution in [0.4, 0.5) is 4.79 Å². The van der Waals surface area contributed by atoms with Gasteiger partial charge in [-0.1, -0.05) is 72.8 Å². The molecule has 2 saturated heterocycles. The molecule has 1 spiro atoms. The zero-order valence-corrected chi connectivity index (χ0v) is 19.5. The number of hydrogen-bond acceptors (Lipinski definition) is 4. The molecule has 3 aromatic carbocycles. The van der Waals surface area contributed by atoms with E-state index in [0.717, 1.165) is 49.2 Å². The van der Waals surface area contributed by atoms with Crippen molar-refractivity contribution in [2.75, 3.05) is 13.1 Å². The second kappa shape index (κ2) is 8.96. The number of carbonyl (C=O) groups is 1. The van der Waals surface area contributed by atoms with Crippen molar-refractivity contribution >= 4 is 6.09 Å². The van der Waals surface area contributed by atoms with E-state index in [1.807, 2.05) is 59.5 Å². The summed E-state index contributed by atoms with van der Waals surface area (Å²) in [6.45, 7) is 5.12. The lowest BCUT2D eigenvalue weighted by Crippen LogP contribution is -2.58. The Bertz CT molecular complexity index is 1200. The summed E-state index contributed by atoms with van der Waals surface area (Å²) in [6, 6.07) is 30.4. The van der Waals surface area contributed by atoms with Gasteiger partial charge < -0.3 is 4.74 Å². The molecule has 5 nitrogen and oxygen atoms in total. The van der Waals surface area contributed by atoms with Crippen LogP contribution in [0.1, 0.15) is 42.0 Å². The molecule has 1 unspecified atom stereocenters. The molecule has 5 heteroatoms. The van der Waals surface area contributed by atoms with Crippen molar-refractivity contribution in [1.82, 2.24) is 9.80 Å². The molecule has 2 fully saturated rings. The van der Waals surface area contributed by atoms with Crippen LogP contribution in [-0.2, 0) is 23.4 Å². The Balaban J connectivity index is 1.42. The van der Waals surface area contributed by atoms with Crippen LogP contribution >= 0.6 is 0 Å². The molecule has 0 radical (unpaired) electrons. The highest BCUT2D eigenvalue weighted by Gasteiger charge is 2.63. The van der Waals surface area contributed by atoms with E-state index in [1.165, 1.54) is 0 Å². The maximum absolute atomic E-state index is 13.3. The molecule has 3 aromatic rings. The van der Waals surface area contributed by atoms with Crippen LogP contribution in [0.2, 0.25) is 0 Å². The van der Waals surface area contributed by atoms with E-state index in [2.05, 4.69) is 48.2 Å². The van der Waals surface area contributed by atoms with Crippen LogP contribution in [0.5, 0.6) is 0 Å². The highest BCUT2D eigenvalue weighted by atomic mass is 16.6. The highest BCUT2D eigenvalue weighted by Crippen LogP contribution is 2.52. The maximum Gasteiger partial charge on any atom is 0.411 e. The van der Waals surface area contributed by atoms with E-state index in [4.69, 9.17) is 4.74 Å². The Hall–Kier alpha value is -3.62. The van der Waals surface area contributed by atoms with Gasteiger partial charge in [0.2, 0.25) is 0 Å². The van der Waals surface area contributed by atoms with Gasteiger partial charge in [0, 0.05) is 32.5 Å². The lowest BCUT2D eigenvalue weighted by molar-refractivity contribution is -0.0614. The standard InChI is InChI=1S/C29H29N3O2/c1-28(26-13-6-3-7-14-26)29(34-27(33)32(28)22-23-9-4-2-5-10-23)15-17-31(18-16-29)21-25-12-8-11-24(19-25)20-30/h2-14,19H,15-18,21-22H2,1H3. The Morgan fingerprint density at radius 1 is 0.882 bits per heavy atom. The van der Waals surface area contributed by atoms with Gasteiger partial charge in [0.15, 0.2) is 0 Å². The monoisotopic (exact) mass is 451 g/mol. The summed E-state index contributed by atoms with van der Waals surface area (Å²) in [5.74, 6) is 0. The molecule has 172 valence electrons. The summed E-state index contributed by atoms with van der Waals surface area (Å²) >= 11 is 0. The van der Waals surface area contributed by atoms with Gasteiger partial charge in [0.25, 0.3) is 0 Å². The second-order valence-corrected chi connectivity index (χ2v) is 9.46. The van der Waals surface area contributed by atoms with Crippen LogP contribution in [0.15, 0.2) is 84.9 Å². The predicted molar refractivity (Wildman–Crippen MR) is 131 cm³/mol. The Morgan fingerprint density at radius 3 is 2.21 bits per heavy atom. The molecule has 2 heterocycles. The number of likely N-dealkylation sites (tertiary alicyclic amines) is 1. The lowest BCUT2D eigenvalue weighted by Gasteiger charge is -2.48. The molecule has 1 amide bonds. The number of benzene rings is 3. The minimum atomic E-state index is -0.592. The fraction of sp³-hybridized carbons (Fsp3) is 0.310. The maximum atomic E-state index is 13.3. The number of rotatable bonds is 5. The summed E-state index contributed by atoms with van der Waals surface area (Å²) in [7, 11) is 0. The molecule has 0 aliphatic carbocycles. The smallest absolute Gasteiger partial charge is 0.411 e. The van der Waals surface area contributed by atoms with Gasteiger partial charge in [0.05, 0.1) is 18.2 Å². The minimum Gasteiger partial charge on any atom is -0.440 e. The average Bonchev–Trinajstić information content (AvgIpc) is 3.08. The lowest BCUT2D eigenvalue weighted by atomic mass is 9.70. The van der Waals surface area contributed by atoms with Crippen LogP contribution < -0.4 is 0 Å². The molecule has 34 heavy (non-hydrogen) atoms. The number of nitriles is 1. The van der Waals surface area contributed by atoms with Crippen molar-refractivity contribution < 1.29 is 9.53 Å². The quantitative estimate of drug-likeness (QED) is 0.517. The summed E-state index contributed by atoms with van der Waals surface area (Å²) in [5, 5.41) is 9.21. The van der Waals surface area contributed by atoms with Gasteiger partial charge in [-0.3, -0.25) is 9.80 Å². The Morgan fingerprint density at radius 2 is 1.53 bits per heavy atom. The summed E-state index contributed by atoms with van der Waals surface area (Å²) < 4.78 is 6.30. The largest absolute Gasteiger partial charge is 0.440 e. The summed E-state index contributed by atoms with van der Waals surface area (Å²) in [6.07, 6.45) is 1.27. The third-order valence-corrected chi connectivity index (χ3v) is 7.58. The molecule has 0 bridgehead atoms. The molecule has 2 aliphatic rings. The van der Waals surface area contributed by atoms with Crippen molar-refractivity contribution in [3.63, 3.8) is 0 Å². The van der Waals surface area contributed by atoms with Crippen molar-refractivity contribution in [1.29, 1.82) is 5.26 Å². The molecule has 0 N–H and O–H groups in total. The highest BCUT2D eigenvalue weighted by molar-refractivity contribution is 5.73. The topological polar surface area (TPSA) is 56.6 Å². The van der Waals surface area contributed by atoms with Crippen molar-refractivity contribution in [3.8, 4) is 6.07 Å². The SMILES string of the molecule is CC1(c2ccccc2)N(Cc2ccccc2)C(=O)OC12CCN(Cc1cccc(C#N)c1)CC2. The third kappa shape index (κ3) is 3.85. The average molecular weight is 452 g/mol. The van der Waals surface area contributed by atoms with Crippen LogP contribution in [-0.4, -0.2) is 34.6 Å². The number of nitrogens with zero attached hydrogens (tertiary/aromatic N) is 3. The van der Waals surface area contributed by atoms with E-state index in [9.17, 15) is 10.1 Å². The fourth-order valence-corrected chi connectivity index (χ4v) is 5.58. The van der Waals surface area contributed by atoms with Gasteiger partial charge in [-0.15, -0.1) is 0 Å². The van der Waals surface area contributed by atoms with Crippen LogP contribution in [0.25, 0.3) is 0 Å². The van der Waals surface area contributed by atoms with E-state index < -0.39 is 11.1 Å². The Kier molecular flexibility index (Phi) is 5.85. The van der Waals surface area contributed by atoms with Crippen LogP contribution in [0.3, 0.4) is 0 Å². The first-order valence-electron chi connectivity index (χ1n) is 11.9. The molecule has 1 atom stereocenters. The zero-order chi connectivity index (χ0) is 23.6. The first kappa shape index (κ1) is 22.2. The van der Waals surface area contributed by atoms with Gasteiger partial charge in [-0.25, -0.2) is 4.79 Å². The Labute approximate surface area is 201 Å². The van der Waals surface area contributed by atoms with E-state index >= 15 is 0 Å². The minimum absolute atomic E-state index is 0.245. The molecule has 0 aromatic heterocycles. The number of piperidine rings is 1. The number of amides is 1. The summed E-state index contributed by atoms with van der Waals surface area (Å²) in [4.78, 5) is 17.7. The molecular formula is C29H29N3O2. The van der Waals surface area contributed by atoms with Crippen molar-refractivity contribution in [2.45, 2.75) is 44.0 Å². The summed E-state index contributed by atoms with van der Waals surface area (Å²) in [5.41, 5.74) is 2.85.